The SMILES string of the molecule is CCCCCCCCCCCCCCCCCC(=O)OC[C@@H](COC(=O)CCCCCCCCCCC)OC(=O)CCCCCCCCCCCCC. The van der Waals surface area contributed by atoms with Gasteiger partial charge in [-0.3, -0.25) is 14.4 Å². The average molecular weight is 751 g/mol. The Morgan fingerprint density at radius 1 is 0.302 bits per heavy atom. The van der Waals surface area contributed by atoms with Crippen molar-refractivity contribution in [1.82, 2.24) is 0 Å². The Hall–Kier alpha value is -1.59. The molecular formula is C47H90O6. The van der Waals surface area contributed by atoms with E-state index in [1.807, 2.05) is 0 Å². The third kappa shape index (κ3) is 41.4. The molecule has 6 nitrogen and oxygen atoms in total. The molecule has 0 aliphatic carbocycles. The van der Waals surface area contributed by atoms with E-state index in [1.54, 1.807) is 0 Å². The van der Waals surface area contributed by atoms with Crippen LogP contribution in [0.1, 0.15) is 265 Å². The van der Waals surface area contributed by atoms with Crippen molar-refractivity contribution in [3.05, 3.63) is 0 Å². The molecule has 0 radical (unpaired) electrons. The molecule has 314 valence electrons. The van der Waals surface area contributed by atoms with Gasteiger partial charge in [0.05, 0.1) is 0 Å². The van der Waals surface area contributed by atoms with Gasteiger partial charge in [0.2, 0.25) is 0 Å². The second-order valence-corrected chi connectivity index (χ2v) is 16.0. The molecule has 0 heterocycles. The molecule has 0 aromatic rings. The number of esters is 3. The summed E-state index contributed by atoms with van der Waals surface area (Å²) in [7, 11) is 0. The zero-order chi connectivity index (χ0) is 38.7. The number of carbonyl (C=O) groups is 3. The van der Waals surface area contributed by atoms with Crippen LogP contribution < -0.4 is 0 Å². The third-order valence-corrected chi connectivity index (χ3v) is 10.6. The smallest absolute Gasteiger partial charge is 0.306 e. The first-order chi connectivity index (χ1) is 26.0. The first-order valence-electron chi connectivity index (χ1n) is 23.5. The molecule has 0 saturated carbocycles. The molecule has 0 fully saturated rings. The molecule has 0 N–H and O–H groups in total. The Labute approximate surface area is 329 Å². The number of rotatable bonds is 43. The first-order valence-corrected chi connectivity index (χ1v) is 23.5. The Balaban J connectivity index is 4.27. The van der Waals surface area contributed by atoms with Gasteiger partial charge in [-0.1, -0.05) is 226 Å². The molecule has 0 rings (SSSR count). The van der Waals surface area contributed by atoms with Gasteiger partial charge in [-0.15, -0.1) is 0 Å². The molecule has 0 aromatic carbocycles. The predicted octanol–water partition coefficient (Wildman–Crippen LogP) is 14.9. The minimum absolute atomic E-state index is 0.0626. The number of ether oxygens (including phenoxy) is 3. The number of hydrogen-bond acceptors (Lipinski definition) is 6. The van der Waals surface area contributed by atoms with Gasteiger partial charge in [-0.05, 0) is 19.3 Å². The van der Waals surface area contributed by atoms with Crippen molar-refractivity contribution in [2.24, 2.45) is 0 Å². The maximum atomic E-state index is 12.7. The summed E-state index contributed by atoms with van der Waals surface area (Å²) in [5, 5.41) is 0. The highest BCUT2D eigenvalue weighted by atomic mass is 16.6. The van der Waals surface area contributed by atoms with Crippen molar-refractivity contribution >= 4 is 17.9 Å². The maximum absolute atomic E-state index is 12.7. The maximum Gasteiger partial charge on any atom is 0.306 e. The molecule has 0 saturated heterocycles. The van der Waals surface area contributed by atoms with E-state index in [9.17, 15) is 14.4 Å². The lowest BCUT2D eigenvalue weighted by molar-refractivity contribution is -0.167. The van der Waals surface area contributed by atoms with Gasteiger partial charge in [0.15, 0.2) is 6.10 Å². The molecular weight excluding hydrogens is 661 g/mol. The fourth-order valence-electron chi connectivity index (χ4n) is 7.03. The summed E-state index contributed by atoms with van der Waals surface area (Å²) in [6.45, 7) is 6.64. The van der Waals surface area contributed by atoms with Crippen LogP contribution >= 0.6 is 0 Å². The number of hydrogen-bond donors (Lipinski definition) is 0. The topological polar surface area (TPSA) is 78.9 Å². The van der Waals surface area contributed by atoms with Crippen LogP contribution in [0.15, 0.2) is 0 Å². The highest BCUT2D eigenvalue weighted by Gasteiger charge is 2.19. The van der Waals surface area contributed by atoms with E-state index in [-0.39, 0.29) is 31.1 Å². The fraction of sp³-hybridized carbons (Fsp3) is 0.936. The molecule has 0 spiro atoms. The second kappa shape index (κ2) is 43.1. The summed E-state index contributed by atoms with van der Waals surface area (Å²) in [6, 6.07) is 0. The van der Waals surface area contributed by atoms with E-state index in [1.165, 1.54) is 167 Å². The highest BCUT2D eigenvalue weighted by Crippen LogP contribution is 2.16. The van der Waals surface area contributed by atoms with E-state index in [0.717, 1.165) is 57.8 Å². The van der Waals surface area contributed by atoms with Gasteiger partial charge < -0.3 is 14.2 Å². The van der Waals surface area contributed by atoms with E-state index >= 15 is 0 Å². The molecule has 0 amide bonds. The van der Waals surface area contributed by atoms with E-state index in [2.05, 4.69) is 20.8 Å². The molecule has 6 heteroatoms. The van der Waals surface area contributed by atoms with Crippen molar-refractivity contribution in [1.29, 1.82) is 0 Å². The number of unbranched alkanes of at least 4 members (excludes halogenated alkanes) is 32. The van der Waals surface area contributed by atoms with E-state index < -0.39 is 6.10 Å². The standard InChI is InChI=1S/C47H90O6/c1-4-7-10-13-16-19-21-22-23-24-26-28-31-34-37-40-46(49)52-43-44(42-51-45(48)39-36-33-30-27-18-15-12-9-6-3)53-47(50)41-38-35-32-29-25-20-17-14-11-8-5-2/h44H,4-43H2,1-3H3/t44-/m1/s1. The van der Waals surface area contributed by atoms with Crippen LogP contribution in [0.25, 0.3) is 0 Å². The zero-order valence-electron chi connectivity index (χ0n) is 35.8. The molecule has 0 bridgehead atoms. The van der Waals surface area contributed by atoms with Crippen LogP contribution in [0.3, 0.4) is 0 Å². The van der Waals surface area contributed by atoms with Crippen LogP contribution in [0.2, 0.25) is 0 Å². The zero-order valence-corrected chi connectivity index (χ0v) is 35.8. The summed E-state index contributed by atoms with van der Waals surface area (Å²) < 4.78 is 16.7. The van der Waals surface area contributed by atoms with Crippen molar-refractivity contribution < 1.29 is 28.6 Å². The van der Waals surface area contributed by atoms with Crippen LogP contribution in [0.4, 0.5) is 0 Å². The molecule has 0 aliphatic rings. The summed E-state index contributed by atoms with van der Waals surface area (Å²) in [6.07, 6.45) is 43.7. The average Bonchev–Trinajstić information content (AvgIpc) is 3.15. The highest BCUT2D eigenvalue weighted by molar-refractivity contribution is 5.71. The Bertz CT molecular complexity index is 783. The first kappa shape index (κ1) is 51.4. The lowest BCUT2D eigenvalue weighted by Crippen LogP contribution is -2.30. The van der Waals surface area contributed by atoms with E-state index in [0.29, 0.717) is 19.3 Å². The summed E-state index contributed by atoms with van der Waals surface area (Å²) in [5.74, 6) is -0.852. The van der Waals surface area contributed by atoms with Crippen LogP contribution in [0.5, 0.6) is 0 Å². The van der Waals surface area contributed by atoms with Crippen molar-refractivity contribution in [2.75, 3.05) is 13.2 Å². The van der Waals surface area contributed by atoms with Gasteiger partial charge in [-0.2, -0.15) is 0 Å². The Kier molecular flexibility index (Phi) is 41.8. The second-order valence-electron chi connectivity index (χ2n) is 16.0. The monoisotopic (exact) mass is 751 g/mol. The number of carbonyl (C=O) groups excluding carboxylic acids is 3. The Morgan fingerprint density at radius 2 is 0.509 bits per heavy atom. The largest absolute Gasteiger partial charge is 0.462 e. The fourth-order valence-corrected chi connectivity index (χ4v) is 7.03. The lowest BCUT2D eigenvalue weighted by Gasteiger charge is -2.18. The van der Waals surface area contributed by atoms with E-state index in [4.69, 9.17) is 14.2 Å². The molecule has 0 aliphatic heterocycles. The molecule has 1 atom stereocenters. The van der Waals surface area contributed by atoms with Crippen LogP contribution in [-0.4, -0.2) is 37.2 Å². The van der Waals surface area contributed by atoms with Gasteiger partial charge in [0.25, 0.3) is 0 Å². The van der Waals surface area contributed by atoms with Crippen LogP contribution in [0, 0.1) is 0 Å². The van der Waals surface area contributed by atoms with Gasteiger partial charge >= 0.3 is 17.9 Å². The van der Waals surface area contributed by atoms with Gasteiger partial charge in [0, 0.05) is 19.3 Å². The Morgan fingerprint density at radius 3 is 0.755 bits per heavy atom. The predicted molar refractivity (Wildman–Crippen MR) is 224 cm³/mol. The van der Waals surface area contributed by atoms with Crippen molar-refractivity contribution in [3.63, 3.8) is 0 Å². The molecule has 0 unspecified atom stereocenters. The summed E-state index contributed by atoms with van der Waals surface area (Å²) >= 11 is 0. The molecule has 53 heavy (non-hydrogen) atoms. The van der Waals surface area contributed by atoms with Crippen molar-refractivity contribution in [2.45, 2.75) is 271 Å². The minimum Gasteiger partial charge on any atom is -0.462 e. The quantitative estimate of drug-likeness (QED) is 0.0351. The lowest BCUT2D eigenvalue weighted by atomic mass is 10.0. The van der Waals surface area contributed by atoms with Crippen molar-refractivity contribution in [3.8, 4) is 0 Å². The summed E-state index contributed by atoms with van der Waals surface area (Å²) in [5.41, 5.74) is 0. The minimum atomic E-state index is -0.757. The normalized spacial score (nSPS) is 11.8. The molecule has 0 aromatic heterocycles. The van der Waals surface area contributed by atoms with Crippen LogP contribution in [-0.2, 0) is 28.6 Å². The summed E-state index contributed by atoms with van der Waals surface area (Å²) in [4.78, 5) is 37.7. The third-order valence-electron chi connectivity index (χ3n) is 10.6. The van der Waals surface area contributed by atoms with Gasteiger partial charge in [-0.25, -0.2) is 0 Å². The van der Waals surface area contributed by atoms with Gasteiger partial charge in [0.1, 0.15) is 13.2 Å².